The fourth-order valence-corrected chi connectivity index (χ4v) is 16.1. The predicted octanol–water partition coefficient (Wildman–Crippen LogP) is 14.8. The van der Waals surface area contributed by atoms with Crippen molar-refractivity contribution in [2.24, 2.45) is 10.8 Å². The summed E-state index contributed by atoms with van der Waals surface area (Å²) in [5.74, 6) is -2.27. The van der Waals surface area contributed by atoms with E-state index in [0.29, 0.717) is 12.5 Å². The van der Waals surface area contributed by atoms with Gasteiger partial charge in [-0.1, -0.05) is 248 Å². The first-order valence-electron chi connectivity index (χ1n) is 40.4. The van der Waals surface area contributed by atoms with Gasteiger partial charge < -0.3 is 49.1 Å². The number of allylic oxidation sites excluding steroid dienone is 12. The highest BCUT2D eigenvalue weighted by Gasteiger charge is 2.52. The summed E-state index contributed by atoms with van der Waals surface area (Å²) in [7, 11) is -16.7. The third kappa shape index (κ3) is 46.3. The van der Waals surface area contributed by atoms with Gasteiger partial charge in [0.2, 0.25) is 47.9 Å². The third-order valence-electron chi connectivity index (χ3n) is 17.7. The fraction of sp³-hybridized carbons (Fsp3) is 0.218. The first-order valence-corrected chi connectivity index (χ1v) is 49.5. The van der Waals surface area contributed by atoms with Crippen molar-refractivity contribution in [3.63, 3.8) is 0 Å². The van der Waals surface area contributed by atoms with E-state index < -0.39 is 86.8 Å². The molecule has 0 radical (unpaired) electrons. The molecule has 0 saturated carbocycles. The largest absolute Gasteiger partial charge is 1.00 e. The number of aryl methyl sites for hydroxylation is 1. The number of thioether (sulfide) groups is 1. The zero-order valence-electron chi connectivity index (χ0n) is 73.8. The lowest BCUT2D eigenvalue weighted by atomic mass is 9.71. The summed E-state index contributed by atoms with van der Waals surface area (Å²) in [5, 5.41) is 3.24. The Labute approximate surface area is 828 Å². The van der Waals surface area contributed by atoms with E-state index in [-0.39, 0.29) is 99.2 Å². The van der Waals surface area contributed by atoms with Gasteiger partial charge in [-0.05, 0) is 171 Å². The number of para-hydroxylation sites is 2. The van der Waals surface area contributed by atoms with Crippen LogP contribution < -0.4 is 35.1 Å². The van der Waals surface area contributed by atoms with Gasteiger partial charge in [0, 0.05) is 98.8 Å². The molecule has 0 fully saturated rings. The van der Waals surface area contributed by atoms with Gasteiger partial charge in [-0.15, -0.1) is 37.9 Å². The summed E-state index contributed by atoms with van der Waals surface area (Å²) in [6, 6.07) is 90.9. The lowest BCUT2D eigenvalue weighted by Crippen LogP contribution is -3.00. The van der Waals surface area contributed by atoms with Crippen LogP contribution in [0.4, 0.5) is 11.4 Å². The van der Waals surface area contributed by atoms with Gasteiger partial charge in [0.1, 0.15) is 0 Å². The van der Waals surface area contributed by atoms with Crippen LogP contribution in [0.1, 0.15) is 112 Å². The normalized spacial score (nSPS) is 13.2. The molecule has 726 valence electrons. The van der Waals surface area contributed by atoms with Crippen LogP contribution in [0.25, 0.3) is 57.6 Å². The molecule has 2 aromatic heterocycles. The van der Waals surface area contributed by atoms with Crippen LogP contribution >= 0.6 is 34.4 Å². The van der Waals surface area contributed by atoms with Crippen molar-refractivity contribution in [3.8, 4) is 41.8 Å². The van der Waals surface area contributed by atoms with Gasteiger partial charge in [0.15, 0.2) is 17.0 Å². The molecule has 4 N–H and O–H groups in total. The van der Waals surface area contributed by atoms with Crippen molar-refractivity contribution < 1.29 is 132 Å². The molecule has 10 aromatic rings. The number of carbonyl (C=O) groups excluding carboxylic acids is 4. The van der Waals surface area contributed by atoms with Crippen molar-refractivity contribution >= 4 is 144 Å². The number of benzene rings is 8. The monoisotopic (exact) mass is 2050 g/mol. The van der Waals surface area contributed by atoms with Crippen LogP contribution in [0.15, 0.2) is 344 Å². The van der Waals surface area contributed by atoms with E-state index in [1.165, 1.54) is 26.4 Å². The molecule has 2 aliphatic carbocycles. The number of anilines is 1. The quantitative estimate of drug-likeness (QED) is 0.0130. The van der Waals surface area contributed by atoms with Gasteiger partial charge >= 0.3 is 55.7 Å². The summed E-state index contributed by atoms with van der Waals surface area (Å²) in [6.07, 6.45) is 22.4. The van der Waals surface area contributed by atoms with E-state index in [1.807, 2.05) is 141 Å². The van der Waals surface area contributed by atoms with Gasteiger partial charge in [-0.2, -0.15) is 16.8 Å². The number of halogens is 2. The minimum Gasteiger partial charge on any atom is -1.00 e. The fourth-order valence-electron chi connectivity index (χ4n) is 12.6. The molecule has 0 saturated heterocycles. The highest BCUT2D eigenvalue weighted by Crippen LogP contribution is 2.47. The Morgan fingerprint density at radius 1 is 0.412 bits per heavy atom. The van der Waals surface area contributed by atoms with E-state index >= 15 is 0 Å². The van der Waals surface area contributed by atoms with Crippen molar-refractivity contribution in [3.05, 3.63) is 366 Å². The van der Waals surface area contributed by atoms with Gasteiger partial charge in [-0.3, -0.25) is 28.3 Å². The van der Waals surface area contributed by atoms with E-state index in [9.17, 15) is 36.0 Å². The standard InChI is InChI=1S/C50H43O4S2.C26H28N2O4.C18H15S.C2H6.2CH4O3S.3CH4.2ClH.3O3S/c1-3-53-48(51)50(49(52)54-4-2)34-38(27-25-36-30-44(40-17-9-5-10-18-40)55-45(31-36)41-19-11-6-12-20-41)29-39(35-50)28-26-37-32-46(42-21-13-7-14-22-42)56-47(33-37)43-23-15-8-16-24-43;1-3-31-24(29)26(25(30)32-4-2)16-20(18-27-22-11-7-5-8-12-22)15-21(17-26)19-28-23-13-9-6-10-14-23;1-14-12-17(15-8-4-2-5-9-15)19-18(13-14)16-10-6-3-7-11-16;1-2;2*1-5(2,3)4;;;;;;3*1-4(2)3/h5-33H,3-4,34-35H2,1-2H3;5-15,18-19,27H,3-4,16-17H2,1-2H3;2-13H,1H3;1-2H3;2*1H3,(H,2,3,4);3*1H4;2*1H;;;/q+1;;+1;;;;;;;;;;;/p-1/b;20-18+,28-19?;;;;;;;;;;;;. The molecule has 0 atom stereocenters. The summed E-state index contributed by atoms with van der Waals surface area (Å²) < 4.78 is 150. The number of rotatable bonds is 21. The second kappa shape index (κ2) is 65.5. The topological polar surface area (TPSA) is 394 Å². The first kappa shape index (κ1) is 124. The maximum Gasteiger partial charge on any atom is 0.425 e. The Bertz CT molecular complexity index is 6030. The number of ether oxygens (including phenoxy) is 4. The molecule has 8 aromatic carbocycles. The molecular weight excluding hydrogens is 1940 g/mol. The van der Waals surface area contributed by atoms with Crippen LogP contribution in [-0.2, 0) is 90.2 Å². The van der Waals surface area contributed by atoms with Crippen LogP contribution in [0.3, 0.4) is 0 Å². The Balaban J connectivity index is 0.00000191. The van der Waals surface area contributed by atoms with E-state index in [0.717, 1.165) is 86.6 Å². The maximum absolute atomic E-state index is 13.9. The number of esters is 4. The molecule has 3 heterocycles. The molecule has 1 aliphatic heterocycles. The Hall–Kier alpha value is -12.2. The van der Waals surface area contributed by atoms with Crippen molar-refractivity contribution in [1.82, 2.24) is 0 Å². The average Bonchev–Trinajstić information content (AvgIpc) is 0.772. The molecule has 136 heavy (non-hydrogen) atoms. The second-order valence-electron chi connectivity index (χ2n) is 27.7. The van der Waals surface area contributed by atoms with Crippen molar-refractivity contribution in [2.45, 2.75) is 96.4 Å². The van der Waals surface area contributed by atoms with Crippen molar-refractivity contribution in [1.29, 1.82) is 0 Å². The van der Waals surface area contributed by atoms with Crippen molar-refractivity contribution in [2.75, 3.05) is 44.3 Å². The summed E-state index contributed by atoms with van der Waals surface area (Å²) in [4.78, 5) is 64.3. The Morgan fingerprint density at radius 3 is 1.01 bits per heavy atom. The molecule has 13 rings (SSSR count). The van der Waals surface area contributed by atoms with Gasteiger partial charge in [-0.25, -0.2) is 4.99 Å². The molecule has 0 amide bonds. The Morgan fingerprint density at radius 2 is 0.691 bits per heavy atom. The molecule has 25 nitrogen and oxygen atoms in total. The highest BCUT2D eigenvalue weighted by molar-refractivity contribution is 8.16. The van der Waals surface area contributed by atoms with Crippen LogP contribution in [0.2, 0.25) is 0 Å². The zero-order valence-corrected chi connectivity index (χ0v) is 81.9. The lowest BCUT2D eigenvalue weighted by Gasteiger charge is -2.33. The maximum atomic E-state index is 13.9. The summed E-state index contributed by atoms with van der Waals surface area (Å²) in [6.45, 7) is 13.8. The number of nitrogens with one attached hydrogen (secondary N) is 2. The van der Waals surface area contributed by atoms with Crippen LogP contribution in [0.5, 0.6) is 0 Å². The molecule has 0 unspecified atom stereocenters. The molecule has 3 aliphatic rings. The third-order valence-corrected chi connectivity index (χ3v) is 21.2. The molecule has 0 bridgehead atoms. The second-order valence-corrected chi connectivity index (χ2v) is 35.1. The molecular formula is C101H113Cl2N2O23S8+. The van der Waals surface area contributed by atoms with Crippen LogP contribution in [-0.4, -0.2) is 133 Å². The van der Waals surface area contributed by atoms with Crippen LogP contribution in [0, 0.1) is 17.8 Å². The van der Waals surface area contributed by atoms with Gasteiger partial charge in [0.05, 0.1) is 38.9 Å². The van der Waals surface area contributed by atoms with E-state index in [4.69, 9.17) is 65.9 Å². The highest BCUT2D eigenvalue weighted by atomic mass is 35.5. The lowest BCUT2D eigenvalue weighted by molar-refractivity contribution is -0.347. The SMILES string of the molecule is C.C.C.CC.CCOC(=O)C1(C(=O)OCC)CC(/C=C/c2cc(-c3ccccc3)[s+]c(-c3ccccc3)c2)=CC(=C/C=C2C=C(c3ccccc3)SC(c3ccccc3)=C2)/C1.CCOC(=O)C1(C(=O)OCC)CC(C=[NH+]c2ccccc2)=C/C(=C\Nc2ccccc2)C1.CS(=O)(=O)O.CS(=O)(=O)O.Cc1cc(-c2ccccc2)[s+]c(-c2ccccc2)c1.O=S(=O)=O.O=S(=O)=O.O=S(=O)=O.[Cl-].[Cl-]. The summed E-state index contributed by atoms with van der Waals surface area (Å²) >= 11 is 5.33. The Kier molecular flexibility index (Phi) is 59.6. The molecule has 0 spiro atoms. The summed E-state index contributed by atoms with van der Waals surface area (Å²) in [5.41, 5.74) is 12.6. The first-order chi connectivity index (χ1) is 62.5. The average molecular weight is 2050 g/mol. The smallest absolute Gasteiger partial charge is 0.425 e. The predicted molar refractivity (Wildman–Crippen MR) is 538 cm³/mol. The number of hydrogen-bond donors (Lipinski definition) is 4. The zero-order chi connectivity index (χ0) is 96.4. The van der Waals surface area contributed by atoms with E-state index in [2.05, 4.69) is 230 Å². The van der Waals surface area contributed by atoms with Gasteiger partial charge in [0.25, 0.3) is 20.2 Å². The molecule has 35 heteroatoms. The number of hydrogen-bond acceptors (Lipinski definition) is 23. The number of carbonyl (C=O) groups is 4. The minimum atomic E-state index is -3.67. The van der Waals surface area contributed by atoms with E-state index in [1.54, 1.807) is 50.8 Å². The minimum absolute atomic E-state index is 0.